The minimum Gasteiger partial charge on any atom is -0.356 e. The molecule has 2 N–H and O–H groups in total. The lowest BCUT2D eigenvalue weighted by molar-refractivity contribution is 0.167. The van der Waals surface area contributed by atoms with Crippen molar-refractivity contribution < 1.29 is 0 Å². The number of likely N-dealkylation sites (tertiary alicyclic amines) is 2. The normalized spacial score (nSPS) is 23.7. The molecule has 2 aliphatic rings. The van der Waals surface area contributed by atoms with E-state index in [2.05, 4.69) is 46.2 Å². The molecule has 1 atom stereocenters. The van der Waals surface area contributed by atoms with Gasteiger partial charge in [-0.15, -0.1) is 24.0 Å². The van der Waals surface area contributed by atoms with Crippen molar-refractivity contribution in [1.82, 2.24) is 20.4 Å². The minimum absolute atomic E-state index is 0. The topological polar surface area (TPSA) is 42.9 Å². The lowest BCUT2D eigenvalue weighted by atomic mass is 10.0. The number of hydrogen-bond donors (Lipinski definition) is 2. The molecule has 1 unspecified atom stereocenters. The van der Waals surface area contributed by atoms with Crippen LogP contribution in [0.25, 0.3) is 0 Å². The third-order valence-corrected chi connectivity index (χ3v) is 5.76. The zero-order chi connectivity index (χ0) is 18.1. The average molecular weight is 479 g/mol. The molecule has 26 heavy (non-hydrogen) atoms. The van der Waals surface area contributed by atoms with Crippen molar-refractivity contribution in [2.75, 3.05) is 46.3 Å². The van der Waals surface area contributed by atoms with Crippen molar-refractivity contribution >= 4 is 29.9 Å². The third kappa shape index (κ3) is 8.74. The van der Waals surface area contributed by atoms with E-state index in [0.29, 0.717) is 12.1 Å². The van der Waals surface area contributed by atoms with Crippen LogP contribution in [0.4, 0.5) is 0 Å². The second kappa shape index (κ2) is 13.2. The maximum atomic E-state index is 4.40. The average Bonchev–Trinajstić information content (AvgIpc) is 2.61. The molecule has 2 fully saturated rings. The van der Waals surface area contributed by atoms with E-state index in [4.69, 9.17) is 0 Å². The summed E-state index contributed by atoms with van der Waals surface area (Å²) in [5.74, 6) is 1.87. The number of hydrogen-bond acceptors (Lipinski definition) is 3. The largest absolute Gasteiger partial charge is 0.356 e. The van der Waals surface area contributed by atoms with Gasteiger partial charge < -0.3 is 20.4 Å². The first kappa shape index (κ1) is 24.0. The zero-order valence-corrected chi connectivity index (χ0v) is 19.8. The molecule has 0 saturated carbocycles. The number of guanidine groups is 1. The van der Waals surface area contributed by atoms with Gasteiger partial charge in [-0.05, 0) is 71.4 Å². The van der Waals surface area contributed by atoms with Crippen LogP contribution >= 0.6 is 24.0 Å². The van der Waals surface area contributed by atoms with Crippen molar-refractivity contribution in [2.45, 2.75) is 71.4 Å². The first-order chi connectivity index (χ1) is 12.1. The Bertz CT molecular complexity index is 394. The molecule has 0 amide bonds. The molecule has 6 heteroatoms. The van der Waals surface area contributed by atoms with Gasteiger partial charge in [-0.2, -0.15) is 0 Å². The molecule has 2 rings (SSSR count). The van der Waals surface area contributed by atoms with Crippen LogP contribution in [0.3, 0.4) is 0 Å². The maximum absolute atomic E-state index is 4.40. The van der Waals surface area contributed by atoms with E-state index in [1.165, 1.54) is 71.2 Å². The molecule has 0 aromatic heterocycles. The van der Waals surface area contributed by atoms with Gasteiger partial charge in [-0.1, -0.05) is 6.92 Å². The molecule has 5 nitrogen and oxygen atoms in total. The molecule has 0 bridgehead atoms. The highest BCUT2D eigenvalue weighted by molar-refractivity contribution is 14.0. The SMILES string of the molecule is CN=C(NCCCCN1CCCC(C)C1)NC1CCN(C(C)C)CC1.I. The minimum atomic E-state index is 0. The molecule has 154 valence electrons. The van der Waals surface area contributed by atoms with E-state index < -0.39 is 0 Å². The summed E-state index contributed by atoms with van der Waals surface area (Å²) in [7, 11) is 1.88. The molecule has 0 aromatic rings. The van der Waals surface area contributed by atoms with Crippen molar-refractivity contribution in [2.24, 2.45) is 10.9 Å². The smallest absolute Gasteiger partial charge is 0.191 e. The van der Waals surface area contributed by atoms with E-state index in [1.807, 2.05) is 7.05 Å². The fourth-order valence-corrected chi connectivity index (χ4v) is 4.11. The van der Waals surface area contributed by atoms with Crippen LogP contribution in [0.1, 0.15) is 59.3 Å². The monoisotopic (exact) mass is 479 g/mol. The van der Waals surface area contributed by atoms with Gasteiger partial charge in [0.25, 0.3) is 0 Å². The Balaban J connectivity index is 0.00000338. The van der Waals surface area contributed by atoms with Crippen LogP contribution in [-0.2, 0) is 0 Å². The number of halogens is 1. The Morgan fingerprint density at radius 1 is 1.12 bits per heavy atom. The highest BCUT2D eigenvalue weighted by atomic mass is 127. The molecule has 2 saturated heterocycles. The van der Waals surface area contributed by atoms with E-state index in [9.17, 15) is 0 Å². The fraction of sp³-hybridized carbons (Fsp3) is 0.950. The number of piperidine rings is 2. The molecule has 0 aliphatic carbocycles. The summed E-state index contributed by atoms with van der Waals surface area (Å²) in [6, 6.07) is 1.23. The first-order valence-corrected chi connectivity index (χ1v) is 10.5. The van der Waals surface area contributed by atoms with E-state index in [-0.39, 0.29) is 24.0 Å². The lowest BCUT2D eigenvalue weighted by Gasteiger charge is -2.35. The molecular weight excluding hydrogens is 437 g/mol. The van der Waals surface area contributed by atoms with Gasteiger partial charge in [0.1, 0.15) is 0 Å². The Kier molecular flexibility index (Phi) is 12.1. The highest BCUT2D eigenvalue weighted by Crippen LogP contribution is 2.15. The molecule has 0 spiro atoms. The third-order valence-electron chi connectivity index (χ3n) is 5.76. The van der Waals surface area contributed by atoms with Gasteiger partial charge in [0.2, 0.25) is 0 Å². The summed E-state index contributed by atoms with van der Waals surface area (Å²) >= 11 is 0. The van der Waals surface area contributed by atoms with Gasteiger partial charge >= 0.3 is 0 Å². The Hall–Kier alpha value is -0.0800. The Labute approximate surface area is 178 Å². The quantitative estimate of drug-likeness (QED) is 0.255. The van der Waals surface area contributed by atoms with Crippen LogP contribution in [0.15, 0.2) is 4.99 Å². The van der Waals surface area contributed by atoms with Crippen molar-refractivity contribution in [1.29, 1.82) is 0 Å². The number of nitrogens with zero attached hydrogens (tertiary/aromatic N) is 3. The van der Waals surface area contributed by atoms with E-state index in [1.54, 1.807) is 0 Å². The Morgan fingerprint density at radius 2 is 1.85 bits per heavy atom. The van der Waals surface area contributed by atoms with Crippen molar-refractivity contribution in [3.8, 4) is 0 Å². The van der Waals surface area contributed by atoms with Crippen LogP contribution < -0.4 is 10.6 Å². The molecule has 0 aromatic carbocycles. The number of rotatable bonds is 7. The van der Waals surface area contributed by atoms with Gasteiger partial charge in [-0.3, -0.25) is 4.99 Å². The lowest BCUT2D eigenvalue weighted by Crippen LogP contribution is -2.50. The fourth-order valence-electron chi connectivity index (χ4n) is 4.11. The summed E-state index contributed by atoms with van der Waals surface area (Å²) in [5.41, 5.74) is 0. The molecular formula is C20H42IN5. The summed E-state index contributed by atoms with van der Waals surface area (Å²) in [6.07, 6.45) is 7.72. The van der Waals surface area contributed by atoms with Crippen LogP contribution in [0.2, 0.25) is 0 Å². The second-order valence-corrected chi connectivity index (χ2v) is 8.30. The maximum Gasteiger partial charge on any atom is 0.191 e. The van der Waals surface area contributed by atoms with Gasteiger partial charge in [-0.25, -0.2) is 0 Å². The summed E-state index contributed by atoms with van der Waals surface area (Å²) < 4.78 is 0. The standard InChI is InChI=1S/C20H41N5.HI/c1-17(2)25-14-9-19(10-15-25)23-20(21-4)22-11-5-6-12-24-13-7-8-18(3)16-24;/h17-19H,5-16H2,1-4H3,(H2,21,22,23);1H. The number of aliphatic imine (C=N–C) groups is 1. The van der Waals surface area contributed by atoms with E-state index in [0.717, 1.165) is 18.4 Å². The zero-order valence-electron chi connectivity index (χ0n) is 17.5. The predicted octanol–water partition coefficient (Wildman–Crippen LogP) is 3.15. The van der Waals surface area contributed by atoms with Gasteiger partial charge in [0.05, 0.1) is 0 Å². The molecule has 2 aliphatic heterocycles. The molecule has 0 radical (unpaired) electrons. The van der Waals surface area contributed by atoms with Crippen LogP contribution in [-0.4, -0.2) is 74.2 Å². The molecule has 2 heterocycles. The van der Waals surface area contributed by atoms with Crippen molar-refractivity contribution in [3.05, 3.63) is 0 Å². The van der Waals surface area contributed by atoms with Crippen LogP contribution in [0, 0.1) is 5.92 Å². The predicted molar refractivity (Wildman–Crippen MR) is 124 cm³/mol. The summed E-state index contributed by atoms with van der Waals surface area (Å²) in [6.45, 7) is 14.2. The Morgan fingerprint density at radius 3 is 2.46 bits per heavy atom. The van der Waals surface area contributed by atoms with Gasteiger partial charge in [0.15, 0.2) is 5.96 Å². The van der Waals surface area contributed by atoms with Gasteiger partial charge in [0, 0.05) is 45.3 Å². The van der Waals surface area contributed by atoms with Crippen LogP contribution in [0.5, 0.6) is 0 Å². The first-order valence-electron chi connectivity index (χ1n) is 10.5. The summed E-state index contributed by atoms with van der Waals surface area (Å²) in [4.78, 5) is 9.61. The van der Waals surface area contributed by atoms with E-state index >= 15 is 0 Å². The van der Waals surface area contributed by atoms with Crippen molar-refractivity contribution in [3.63, 3.8) is 0 Å². The second-order valence-electron chi connectivity index (χ2n) is 8.30. The number of nitrogens with one attached hydrogen (secondary N) is 2. The number of unbranched alkanes of at least 4 members (excludes halogenated alkanes) is 1. The summed E-state index contributed by atoms with van der Waals surface area (Å²) in [5, 5.41) is 7.12. The highest BCUT2D eigenvalue weighted by Gasteiger charge is 2.21.